The van der Waals surface area contributed by atoms with Gasteiger partial charge >= 0.3 is 0 Å². The van der Waals surface area contributed by atoms with Gasteiger partial charge in [-0.05, 0) is 35.9 Å². The first-order valence-electron chi connectivity index (χ1n) is 10.0. The van der Waals surface area contributed by atoms with Gasteiger partial charge in [-0.1, -0.05) is 48.5 Å². The molecule has 1 N–H and O–H groups in total. The molecule has 0 fully saturated rings. The minimum atomic E-state index is -4.02. The van der Waals surface area contributed by atoms with Crippen LogP contribution < -0.4 is 14.4 Å². The van der Waals surface area contributed by atoms with Crippen molar-refractivity contribution < 1.29 is 22.7 Å². The van der Waals surface area contributed by atoms with Crippen LogP contribution in [-0.2, 0) is 21.3 Å². The fourth-order valence-electron chi connectivity index (χ4n) is 3.18. The number of hydrogen-bond acceptors (Lipinski definition) is 5. The fraction of sp³-hybridized carbons (Fsp3) is 0.208. The molecule has 0 spiro atoms. The Labute approximate surface area is 188 Å². The second kappa shape index (κ2) is 10.8. The third kappa shape index (κ3) is 5.46. The van der Waals surface area contributed by atoms with Crippen LogP contribution in [0.2, 0.25) is 0 Å². The Kier molecular flexibility index (Phi) is 7.86. The standard InChI is InChI=1S/C24H26N2O5S/c1-30-16-15-25-24(27)20-11-8-12-21(17-20)32(28,29)26(18-19-9-4-3-5-10-19)22-13-6-7-14-23(22)31-2/h3-14,17H,15-16,18H2,1-2H3,(H,25,27). The van der Waals surface area contributed by atoms with Crippen molar-refractivity contribution in [3.05, 3.63) is 90.0 Å². The number of carbonyl (C=O) groups excluding carboxylic acids is 1. The summed E-state index contributed by atoms with van der Waals surface area (Å²) in [7, 11) is -0.980. The Balaban J connectivity index is 2.02. The molecule has 0 aliphatic rings. The molecule has 168 valence electrons. The number of methoxy groups -OCH3 is 2. The Hall–Kier alpha value is -3.36. The number of benzene rings is 3. The number of nitrogens with one attached hydrogen (secondary N) is 1. The molecule has 7 nitrogen and oxygen atoms in total. The lowest BCUT2D eigenvalue weighted by molar-refractivity contribution is 0.0937. The van der Waals surface area contributed by atoms with E-state index in [2.05, 4.69) is 5.32 Å². The smallest absolute Gasteiger partial charge is 0.264 e. The number of ether oxygens (including phenoxy) is 2. The summed E-state index contributed by atoms with van der Waals surface area (Å²) in [5.74, 6) is 0.0615. The van der Waals surface area contributed by atoms with Crippen molar-refractivity contribution >= 4 is 21.6 Å². The van der Waals surface area contributed by atoms with Crippen LogP contribution in [0.5, 0.6) is 5.75 Å². The van der Waals surface area contributed by atoms with Gasteiger partial charge in [0.2, 0.25) is 0 Å². The normalized spacial score (nSPS) is 11.1. The van der Waals surface area contributed by atoms with Crippen LogP contribution in [0.4, 0.5) is 5.69 Å². The third-order valence-electron chi connectivity index (χ3n) is 4.80. The highest BCUT2D eigenvalue weighted by atomic mass is 32.2. The monoisotopic (exact) mass is 454 g/mol. The average Bonchev–Trinajstić information content (AvgIpc) is 2.83. The highest BCUT2D eigenvalue weighted by Crippen LogP contribution is 2.33. The summed E-state index contributed by atoms with van der Waals surface area (Å²) in [6, 6.07) is 22.2. The van der Waals surface area contributed by atoms with Gasteiger partial charge in [0.05, 0.1) is 30.8 Å². The topological polar surface area (TPSA) is 84.9 Å². The summed E-state index contributed by atoms with van der Waals surface area (Å²) in [6.45, 7) is 0.795. The zero-order valence-electron chi connectivity index (χ0n) is 18.0. The molecule has 0 radical (unpaired) electrons. The molecule has 0 heterocycles. The maximum Gasteiger partial charge on any atom is 0.264 e. The predicted molar refractivity (Wildman–Crippen MR) is 123 cm³/mol. The summed E-state index contributed by atoms with van der Waals surface area (Å²) in [5, 5.41) is 2.71. The maximum absolute atomic E-state index is 13.8. The van der Waals surface area contributed by atoms with E-state index in [1.165, 1.54) is 23.5 Å². The molecular weight excluding hydrogens is 428 g/mol. The molecule has 0 aliphatic heterocycles. The van der Waals surface area contributed by atoms with E-state index in [0.717, 1.165) is 5.56 Å². The molecule has 32 heavy (non-hydrogen) atoms. The van der Waals surface area contributed by atoms with Crippen molar-refractivity contribution in [2.75, 3.05) is 31.7 Å². The summed E-state index contributed by atoms with van der Waals surface area (Å²) in [5.41, 5.74) is 1.48. The van der Waals surface area contributed by atoms with E-state index in [4.69, 9.17) is 9.47 Å². The Morgan fingerprint density at radius 3 is 2.38 bits per heavy atom. The molecular formula is C24H26N2O5S. The van der Waals surface area contributed by atoms with Crippen LogP contribution in [0, 0.1) is 0 Å². The van der Waals surface area contributed by atoms with E-state index < -0.39 is 10.0 Å². The maximum atomic E-state index is 13.8. The van der Waals surface area contributed by atoms with Gasteiger partial charge in [-0.2, -0.15) is 0 Å². The van der Waals surface area contributed by atoms with Crippen molar-refractivity contribution in [3.8, 4) is 5.75 Å². The van der Waals surface area contributed by atoms with Crippen LogP contribution >= 0.6 is 0 Å². The van der Waals surface area contributed by atoms with Crippen LogP contribution in [-0.4, -0.2) is 41.7 Å². The lowest BCUT2D eigenvalue weighted by Crippen LogP contribution is -2.31. The number of hydrogen-bond donors (Lipinski definition) is 1. The van der Waals surface area contributed by atoms with Crippen molar-refractivity contribution in [1.82, 2.24) is 5.32 Å². The van der Waals surface area contributed by atoms with Gasteiger partial charge in [-0.3, -0.25) is 9.10 Å². The van der Waals surface area contributed by atoms with E-state index in [0.29, 0.717) is 24.6 Å². The number of anilines is 1. The highest BCUT2D eigenvalue weighted by molar-refractivity contribution is 7.92. The molecule has 0 unspecified atom stereocenters. The summed E-state index contributed by atoms with van der Waals surface area (Å²) in [4.78, 5) is 12.4. The molecule has 3 aromatic rings. The van der Waals surface area contributed by atoms with Gasteiger partial charge in [0.25, 0.3) is 15.9 Å². The number of sulfonamides is 1. The van der Waals surface area contributed by atoms with E-state index in [1.807, 2.05) is 30.3 Å². The van der Waals surface area contributed by atoms with Crippen LogP contribution in [0.3, 0.4) is 0 Å². The van der Waals surface area contributed by atoms with E-state index in [9.17, 15) is 13.2 Å². The molecule has 0 bridgehead atoms. The second-order valence-corrected chi connectivity index (χ2v) is 8.81. The number of nitrogens with zero attached hydrogens (tertiary/aromatic N) is 1. The third-order valence-corrected chi connectivity index (χ3v) is 6.55. The SMILES string of the molecule is COCCNC(=O)c1cccc(S(=O)(=O)N(Cc2ccccc2)c2ccccc2OC)c1. The van der Waals surface area contributed by atoms with Crippen molar-refractivity contribution in [2.24, 2.45) is 0 Å². The zero-order chi connectivity index (χ0) is 23.0. The van der Waals surface area contributed by atoms with E-state index in [-0.39, 0.29) is 22.9 Å². The first-order valence-corrected chi connectivity index (χ1v) is 11.5. The minimum absolute atomic E-state index is 0.0127. The van der Waals surface area contributed by atoms with E-state index in [1.54, 1.807) is 43.5 Å². The zero-order valence-corrected chi connectivity index (χ0v) is 18.8. The molecule has 0 aliphatic carbocycles. The first kappa shape index (κ1) is 23.3. The Morgan fingerprint density at radius 2 is 1.66 bits per heavy atom. The average molecular weight is 455 g/mol. The second-order valence-electron chi connectivity index (χ2n) is 6.95. The van der Waals surface area contributed by atoms with Crippen molar-refractivity contribution in [2.45, 2.75) is 11.4 Å². The van der Waals surface area contributed by atoms with Gasteiger partial charge in [-0.15, -0.1) is 0 Å². The molecule has 0 saturated heterocycles. The number of carbonyl (C=O) groups is 1. The molecule has 0 saturated carbocycles. The van der Waals surface area contributed by atoms with Gasteiger partial charge in [0.1, 0.15) is 5.75 Å². The largest absolute Gasteiger partial charge is 0.495 e. The number of amides is 1. The minimum Gasteiger partial charge on any atom is -0.495 e. The highest BCUT2D eigenvalue weighted by Gasteiger charge is 2.28. The molecule has 1 amide bonds. The van der Waals surface area contributed by atoms with Gasteiger partial charge in [-0.25, -0.2) is 8.42 Å². The predicted octanol–water partition coefficient (Wildman–Crippen LogP) is 3.47. The Bertz CT molecular complexity index is 1150. The van der Waals surface area contributed by atoms with Crippen molar-refractivity contribution in [1.29, 1.82) is 0 Å². The molecule has 0 aromatic heterocycles. The lowest BCUT2D eigenvalue weighted by atomic mass is 10.2. The molecule has 0 atom stereocenters. The van der Waals surface area contributed by atoms with Crippen LogP contribution in [0.25, 0.3) is 0 Å². The van der Waals surface area contributed by atoms with Gasteiger partial charge in [0.15, 0.2) is 0 Å². The first-order chi connectivity index (χ1) is 15.5. The van der Waals surface area contributed by atoms with E-state index >= 15 is 0 Å². The summed E-state index contributed by atoms with van der Waals surface area (Å²) >= 11 is 0. The molecule has 8 heteroatoms. The van der Waals surface area contributed by atoms with Crippen molar-refractivity contribution in [3.63, 3.8) is 0 Å². The fourth-order valence-corrected chi connectivity index (χ4v) is 4.69. The molecule has 3 rings (SSSR count). The lowest BCUT2D eigenvalue weighted by Gasteiger charge is -2.26. The number of para-hydroxylation sites is 2. The quantitative estimate of drug-likeness (QED) is 0.474. The van der Waals surface area contributed by atoms with Crippen LogP contribution in [0.1, 0.15) is 15.9 Å². The number of rotatable bonds is 10. The summed E-state index contributed by atoms with van der Waals surface area (Å²) in [6.07, 6.45) is 0. The van der Waals surface area contributed by atoms with Crippen LogP contribution in [0.15, 0.2) is 83.8 Å². The van der Waals surface area contributed by atoms with Gasteiger partial charge in [0, 0.05) is 19.2 Å². The Morgan fingerprint density at radius 1 is 0.938 bits per heavy atom. The molecule has 3 aromatic carbocycles. The van der Waals surface area contributed by atoms with Gasteiger partial charge < -0.3 is 14.8 Å². The summed E-state index contributed by atoms with van der Waals surface area (Å²) < 4.78 is 39.2.